The number of aliphatic hydroxyl groups excluding tert-OH is 1. The van der Waals surface area contributed by atoms with Crippen LogP contribution in [0.2, 0.25) is 0 Å². The van der Waals surface area contributed by atoms with E-state index in [2.05, 4.69) is 6.92 Å². The summed E-state index contributed by atoms with van der Waals surface area (Å²) in [7, 11) is 4.00. The summed E-state index contributed by atoms with van der Waals surface area (Å²) < 4.78 is 0. The first-order valence-corrected chi connectivity index (χ1v) is 7.40. The maximum Gasteiger partial charge on any atom is 0.246 e. The highest BCUT2D eigenvalue weighted by atomic mass is 16.3. The average Bonchev–Trinajstić information content (AvgIpc) is 2.86. The van der Waals surface area contributed by atoms with Crippen LogP contribution in [0.5, 0.6) is 0 Å². The van der Waals surface area contributed by atoms with Gasteiger partial charge in [0.1, 0.15) is 0 Å². The number of hydrogen-bond donors (Lipinski definition) is 1. The van der Waals surface area contributed by atoms with Crippen molar-refractivity contribution in [1.82, 2.24) is 4.90 Å². The van der Waals surface area contributed by atoms with Crippen LogP contribution in [-0.4, -0.2) is 49.2 Å². The number of likely N-dealkylation sites (tertiary alicyclic amines) is 1. The molecular formula is C17H24N2O2. The summed E-state index contributed by atoms with van der Waals surface area (Å²) in [5, 5.41) is 9.40. The van der Waals surface area contributed by atoms with Gasteiger partial charge in [-0.25, -0.2) is 0 Å². The van der Waals surface area contributed by atoms with Crippen molar-refractivity contribution in [2.75, 3.05) is 32.1 Å². The Morgan fingerprint density at radius 3 is 2.62 bits per heavy atom. The van der Waals surface area contributed by atoms with Crippen LogP contribution >= 0.6 is 0 Å². The maximum atomic E-state index is 12.2. The monoisotopic (exact) mass is 288 g/mol. The first-order chi connectivity index (χ1) is 10.0. The molecule has 1 aliphatic heterocycles. The molecule has 1 aromatic rings. The molecule has 2 unspecified atom stereocenters. The summed E-state index contributed by atoms with van der Waals surface area (Å²) in [6.45, 7) is 2.85. The van der Waals surface area contributed by atoms with Crippen molar-refractivity contribution < 1.29 is 9.90 Å². The average molecular weight is 288 g/mol. The van der Waals surface area contributed by atoms with Gasteiger partial charge in [0.2, 0.25) is 5.91 Å². The molecule has 1 N–H and O–H groups in total. The van der Waals surface area contributed by atoms with Crippen molar-refractivity contribution in [2.45, 2.75) is 19.4 Å². The molecule has 2 rings (SSSR count). The van der Waals surface area contributed by atoms with E-state index >= 15 is 0 Å². The quantitative estimate of drug-likeness (QED) is 0.862. The minimum Gasteiger partial charge on any atom is -0.394 e. The highest BCUT2D eigenvalue weighted by Crippen LogP contribution is 2.24. The SMILES string of the molecule is CC1CCN(C(=O)/C=C/c2ccc(N(C)C)cc2)C1CO. The topological polar surface area (TPSA) is 43.8 Å². The van der Waals surface area contributed by atoms with Gasteiger partial charge in [-0.05, 0) is 36.1 Å². The predicted molar refractivity (Wildman–Crippen MR) is 86.2 cm³/mol. The third-order valence-corrected chi connectivity index (χ3v) is 4.18. The van der Waals surface area contributed by atoms with E-state index < -0.39 is 0 Å². The third kappa shape index (κ3) is 3.64. The van der Waals surface area contributed by atoms with Crippen molar-refractivity contribution in [3.05, 3.63) is 35.9 Å². The van der Waals surface area contributed by atoms with Crippen LogP contribution in [-0.2, 0) is 4.79 Å². The van der Waals surface area contributed by atoms with Gasteiger partial charge in [0.15, 0.2) is 0 Å². The number of anilines is 1. The molecule has 4 heteroatoms. The lowest BCUT2D eigenvalue weighted by atomic mass is 10.0. The lowest BCUT2D eigenvalue weighted by Crippen LogP contribution is -2.38. The molecule has 114 valence electrons. The molecule has 4 nitrogen and oxygen atoms in total. The Bertz CT molecular complexity index is 508. The number of amides is 1. The molecule has 21 heavy (non-hydrogen) atoms. The molecule has 2 atom stereocenters. The van der Waals surface area contributed by atoms with Gasteiger partial charge in [-0.2, -0.15) is 0 Å². The van der Waals surface area contributed by atoms with Crippen molar-refractivity contribution >= 4 is 17.7 Å². The van der Waals surface area contributed by atoms with Gasteiger partial charge in [-0.3, -0.25) is 4.79 Å². The molecule has 0 bridgehead atoms. The van der Waals surface area contributed by atoms with Crippen molar-refractivity contribution in [2.24, 2.45) is 5.92 Å². The zero-order valence-corrected chi connectivity index (χ0v) is 13.0. The second-order valence-corrected chi connectivity index (χ2v) is 5.87. The van der Waals surface area contributed by atoms with E-state index in [9.17, 15) is 9.90 Å². The second kappa shape index (κ2) is 6.76. The van der Waals surface area contributed by atoms with E-state index in [0.29, 0.717) is 5.92 Å². The minimum atomic E-state index is -0.0433. The van der Waals surface area contributed by atoms with Crippen molar-refractivity contribution in [3.8, 4) is 0 Å². The van der Waals surface area contributed by atoms with E-state index in [1.165, 1.54) is 0 Å². The smallest absolute Gasteiger partial charge is 0.246 e. The van der Waals surface area contributed by atoms with Crippen molar-refractivity contribution in [3.63, 3.8) is 0 Å². The van der Waals surface area contributed by atoms with Crippen LogP contribution < -0.4 is 4.90 Å². The largest absolute Gasteiger partial charge is 0.394 e. The number of nitrogens with zero attached hydrogens (tertiary/aromatic N) is 2. The fourth-order valence-electron chi connectivity index (χ4n) is 2.71. The summed E-state index contributed by atoms with van der Waals surface area (Å²) in [4.78, 5) is 16.0. The predicted octanol–water partition coefficient (Wildman–Crippen LogP) is 2.00. The normalized spacial score (nSPS) is 22.0. The van der Waals surface area contributed by atoms with Gasteiger partial charge in [-0.15, -0.1) is 0 Å². The first-order valence-electron chi connectivity index (χ1n) is 7.40. The second-order valence-electron chi connectivity index (χ2n) is 5.87. The lowest BCUT2D eigenvalue weighted by Gasteiger charge is -2.23. The van der Waals surface area contributed by atoms with Gasteiger partial charge in [0, 0.05) is 32.4 Å². The van der Waals surface area contributed by atoms with E-state index in [1.54, 1.807) is 11.0 Å². The van der Waals surface area contributed by atoms with E-state index in [1.807, 2.05) is 49.3 Å². The fraction of sp³-hybridized carbons (Fsp3) is 0.471. The summed E-state index contributed by atoms with van der Waals surface area (Å²) in [6, 6.07) is 8.00. The minimum absolute atomic E-state index is 0.0184. The van der Waals surface area contributed by atoms with E-state index in [4.69, 9.17) is 0 Å². The Morgan fingerprint density at radius 2 is 2.05 bits per heavy atom. The number of aliphatic hydroxyl groups is 1. The highest BCUT2D eigenvalue weighted by molar-refractivity contribution is 5.92. The van der Waals surface area contributed by atoms with Gasteiger partial charge in [0.05, 0.1) is 12.6 Å². The molecule has 1 aliphatic rings. The number of carbonyl (C=O) groups is 1. The molecule has 1 amide bonds. The summed E-state index contributed by atoms with van der Waals surface area (Å²) in [5.74, 6) is 0.349. The molecule has 0 radical (unpaired) electrons. The van der Waals surface area contributed by atoms with Gasteiger partial charge >= 0.3 is 0 Å². The standard InChI is InChI=1S/C17H24N2O2/c1-13-10-11-19(16(13)12-20)17(21)9-6-14-4-7-15(8-5-14)18(2)3/h4-9,13,16,20H,10-12H2,1-3H3/b9-6+. The fourth-order valence-corrected chi connectivity index (χ4v) is 2.71. The van der Waals surface area contributed by atoms with Crippen LogP contribution in [0.1, 0.15) is 18.9 Å². The van der Waals surface area contributed by atoms with Crippen molar-refractivity contribution in [1.29, 1.82) is 0 Å². The van der Waals surface area contributed by atoms with Gasteiger partial charge < -0.3 is 14.9 Å². The molecule has 1 aromatic carbocycles. The Kier molecular flexibility index (Phi) is 5.02. The summed E-state index contributed by atoms with van der Waals surface area (Å²) in [5.41, 5.74) is 2.13. The molecule has 0 aliphatic carbocycles. The molecular weight excluding hydrogens is 264 g/mol. The first kappa shape index (κ1) is 15.6. The summed E-state index contributed by atoms with van der Waals surface area (Å²) >= 11 is 0. The Balaban J connectivity index is 2.02. The zero-order chi connectivity index (χ0) is 15.4. The number of hydrogen-bond acceptors (Lipinski definition) is 3. The molecule has 1 saturated heterocycles. The van der Waals surface area contributed by atoms with Gasteiger partial charge in [-0.1, -0.05) is 19.1 Å². The number of carbonyl (C=O) groups excluding carboxylic acids is 1. The molecule has 1 heterocycles. The highest BCUT2D eigenvalue weighted by Gasteiger charge is 2.32. The van der Waals surface area contributed by atoms with Crippen LogP contribution in [0.25, 0.3) is 6.08 Å². The number of benzene rings is 1. The molecule has 0 spiro atoms. The van der Waals surface area contributed by atoms with Crippen LogP contribution in [0.3, 0.4) is 0 Å². The van der Waals surface area contributed by atoms with Crippen LogP contribution in [0.4, 0.5) is 5.69 Å². The summed E-state index contributed by atoms with van der Waals surface area (Å²) in [6.07, 6.45) is 4.40. The third-order valence-electron chi connectivity index (χ3n) is 4.18. The van der Waals surface area contributed by atoms with Crippen LogP contribution in [0.15, 0.2) is 30.3 Å². The zero-order valence-electron chi connectivity index (χ0n) is 13.0. The van der Waals surface area contributed by atoms with E-state index in [-0.39, 0.29) is 18.6 Å². The molecule has 0 saturated carbocycles. The lowest BCUT2D eigenvalue weighted by molar-refractivity contribution is -0.127. The van der Waals surface area contributed by atoms with Gasteiger partial charge in [0.25, 0.3) is 0 Å². The Labute approximate surface area is 126 Å². The van der Waals surface area contributed by atoms with E-state index in [0.717, 1.165) is 24.2 Å². The number of rotatable bonds is 4. The maximum absolute atomic E-state index is 12.2. The molecule has 1 fully saturated rings. The molecule has 0 aromatic heterocycles. The van der Waals surface area contributed by atoms with Crippen LogP contribution in [0, 0.1) is 5.92 Å². The Morgan fingerprint density at radius 1 is 1.38 bits per heavy atom. The Hall–Kier alpha value is -1.81.